The summed E-state index contributed by atoms with van der Waals surface area (Å²) in [5.41, 5.74) is 1.84. The van der Waals surface area contributed by atoms with E-state index in [-0.39, 0.29) is 5.78 Å². The molecule has 0 saturated heterocycles. The minimum atomic E-state index is -0.136. The zero-order valence-electron chi connectivity index (χ0n) is 8.82. The van der Waals surface area contributed by atoms with Gasteiger partial charge in [0.25, 0.3) is 0 Å². The average molecular weight is 200 g/mol. The molecule has 1 rings (SSSR count). The molecule has 0 aliphatic heterocycles. The Kier molecular flexibility index (Phi) is 3.25. The lowest BCUT2D eigenvalue weighted by atomic mass is 10.1. The van der Waals surface area contributed by atoms with Crippen molar-refractivity contribution in [2.45, 2.75) is 0 Å². The Bertz CT molecular complexity index is 441. The van der Waals surface area contributed by atoms with Crippen LogP contribution < -0.4 is 4.90 Å². The van der Waals surface area contributed by atoms with Crippen LogP contribution in [0.3, 0.4) is 0 Å². The summed E-state index contributed by atoms with van der Waals surface area (Å²) in [7, 11) is 3.66. The number of nitriles is 1. The molecule has 0 aliphatic carbocycles. The van der Waals surface area contributed by atoms with Crippen LogP contribution in [0.25, 0.3) is 0 Å². The smallest absolute Gasteiger partial charge is 0.187 e. The zero-order valence-corrected chi connectivity index (χ0v) is 8.82. The molecule has 0 spiro atoms. The summed E-state index contributed by atoms with van der Waals surface area (Å²) in [6.45, 7) is 3.45. The van der Waals surface area contributed by atoms with Gasteiger partial charge in [0.1, 0.15) is 0 Å². The monoisotopic (exact) mass is 200 g/mol. The van der Waals surface area contributed by atoms with E-state index in [1.165, 1.54) is 6.08 Å². The predicted octanol–water partition coefficient (Wildman–Crippen LogP) is 1.99. The van der Waals surface area contributed by atoms with E-state index in [1.807, 2.05) is 20.2 Å². The number of ketones is 1. The van der Waals surface area contributed by atoms with Gasteiger partial charge in [-0.3, -0.25) is 4.79 Å². The molecule has 0 aliphatic rings. The van der Waals surface area contributed by atoms with Crippen molar-refractivity contribution in [3.05, 3.63) is 42.0 Å². The van der Waals surface area contributed by atoms with Crippen molar-refractivity contribution in [3.8, 4) is 6.07 Å². The van der Waals surface area contributed by atoms with Crippen LogP contribution >= 0.6 is 0 Å². The first-order valence-corrected chi connectivity index (χ1v) is 4.48. The molecule has 0 heterocycles. The van der Waals surface area contributed by atoms with Crippen molar-refractivity contribution in [1.82, 2.24) is 0 Å². The maximum Gasteiger partial charge on any atom is 0.187 e. The molecule has 0 fully saturated rings. The van der Waals surface area contributed by atoms with Gasteiger partial charge in [0, 0.05) is 25.3 Å². The lowest BCUT2D eigenvalue weighted by molar-refractivity contribution is 0.104. The summed E-state index contributed by atoms with van der Waals surface area (Å²) in [4.78, 5) is 13.3. The van der Waals surface area contributed by atoms with E-state index in [1.54, 1.807) is 23.1 Å². The molecule has 0 saturated carbocycles. The highest BCUT2D eigenvalue weighted by atomic mass is 16.1. The summed E-state index contributed by atoms with van der Waals surface area (Å²) in [5, 5.41) is 8.76. The molecule has 15 heavy (non-hydrogen) atoms. The molecule has 0 radical (unpaired) electrons. The van der Waals surface area contributed by atoms with Gasteiger partial charge in [-0.2, -0.15) is 5.26 Å². The number of benzene rings is 1. The highest BCUT2D eigenvalue weighted by molar-refractivity contribution is 6.08. The van der Waals surface area contributed by atoms with E-state index < -0.39 is 0 Å². The molecule has 0 bridgehead atoms. The van der Waals surface area contributed by atoms with Crippen LogP contribution in [-0.4, -0.2) is 19.9 Å². The Morgan fingerprint density at radius 2 is 2.20 bits per heavy atom. The highest BCUT2D eigenvalue weighted by Crippen LogP contribution is 2.21. The molecule has 0 amide bonds. The van der Waals surface area contributed by atoms with Gasteiger partial charge < -0.3 is 4.90 Å². The number of hydrogen-bond acceptors (Lipinski definition) is 3. The molecule has 0 atom stereocenters. The lowest BCUT2D eigenvalue weighted by Crippen LogP contribution is -2.13. The SMILES string of the molecule is C=CC(=O)c1ccc(C#N)cc1N(C)C. The van der Waals surface area contributed by atoms with Crippen LogP contribution in [0.4, 0.5) is 5.69 Å². The zero-order chi connectivity index (χ0) is 11.4. The Labute approximate surface area is 89.2 Å². The first kappa shape index (κ1) is 11.0. The molecule has 3 heteroatoms. The maximum atomic E-state index is 11.5. The topological polar surface area (TPSA) is 44.1 Å². The molecule has 1 aromatic carbocycles. The molecular weight excluding hydrogens is 188 g/mol. The van der Waals surface area contributed by atoms with Crippen LogP contribution in [0.5, 0.6) is 0 Å². The Balaban J connectivity index is 3.34. The molecule has 3 nitrogen and oxygen atoms in total. The second kappa shape index (κ2) is 4.43. The minimum absolute atomic E-state index is 0.136. The Morgan fingerprint density at radius 1 is 1.53 bits per heavy atom. The molecule has 0 aromatic heterocycles. The minimum Gasteiger partial charge on any atom is -0.377 e. The van der Waals surface area contributed by atoms with Crippen molar-refractivity contribution >= 4 is 11.5 Å². The predicted molar refractivity (Wildman–Crippen MR) is 60.0 cm³/mol. The molecule has 0 N–H and O–H groups in total. The number of carbonyl (C=O) groups is 1. The van der Waals surface area contributed by atoms with Crippen molar-refractivity contribution in [2.24, 2.45) is 0 Å². The number of carbonyl (C=O) groups excluding carboxylic acids is 1. The first-order chi connectivity index (χ1) is 7.10. The van der Waals surface area contributed by atoms with Gasteiger partial charge in [-0.05, 0) is 24.3 Å². The van der Waals surface area contributed by atoms with Crippen molar-refractivity contribution < 1.29 is 4.79 Å². The van der Waals surface area contributed by atoms with Crippen LogP contribution in [0.2, 0.25) is 0 Å². The number of nitrogens with zero attached hydrogens (tertiary/aromatic N) is 2. The summed E-state index contributed by atoms with van der Waals surface area (Å²) in [6.07, 6.45) is 1.27. The Hall–Kier alpha value is -2.08. The second-order valence-electron chi connectivity index (χ2n) is 3.31. The van der Waals surface area contributed by atoms with E-state index in [0.29, 0.717) is 11.1 Å². The number of anilines is 1. The standard InChI is InChI=1S/C12H12N2O/c1-4-12(15)10-6-5-9(8-13)7-11(10)14(2)3/h4-7H,1H2,2-3H3. The maximum absolute atomic E-state index is 11.5. The van der Waals surface area contributed by atoms with Gasteiger partial charge in [-0.15, -0.1) is 0 Å². The van der Waals surface area contributed by atoms with Crippen molar-refractivity contribution in [2.75, 3.05) is 19.0 Å². The fourth-order valence-electron chi connectivity index (χ4n) is 1.29. The van der Waals surface area contributed by atoms with Crippen LogP contribution in [-0.2, 0) is 0 Å². The van der Waals surface area contributed by atoms with Gasteiger partial charge in [-0.1, -0.05) is 6.58 Å². The first-order valence-electron chi connectivity index (χ1n) is 4.48. The van der Waals surface area contributed by atoms with Crippen LogP contribution in [0.1, 0.15) is 15.9 Å². The van der Waals surface area contributed by atoms with Crippen molar-refractivity contribution in [3.63, 3.8) is 0 Å². The quantitative estimate of drug-likeness (QED) is 0.553. The summed E-state index contributed by atoms with van der Waals surface area (Å²) in [5.74, 6) is -0.136. The van der Waals surface area contributed by atoms with Crippen molar-refractivity contribution in [1.29, 1.82) is 5.26 Å². The number of hydrogen-bond donors (Lipinski definition) is 0. The third kappa shape index (κ3) is 2.23. The third-order valence-electron chi connectivity index (χ3n) is 2.06. The molecule has 76 valence electrons. The summed E-state index contributed by atoms with van der Waals surface area (Å²) >= 11 is 0. The van der Waals surface area contributed by atoms with E-state index >= 15 is 0 Å². The Morgan fingerprint density at radius 3 is 2.67 bits per heavy atom. The highest BCUT2D eigenvalue weighted by Gasteiger charge is 2.10. The van der Waals surface area contributed by atoms with Crippen LogP contribution in [0.15, 0.2) is 30.9 Å². The summed E-state index contributed by atoms with van der Waals surface area (Å²) in [6, 6.07) is 7.01. The van der Waals surface area contributed by atoms with E-state index in [2.05, 4.69) is 6.58 Å². The van der Waals surface area contributed by atoms with Gasteiger partial charge in [0.15, 0.2) is 5.78 Å². The molecule has 0 unspecified atom stereocenters. The number of rotatable bonds is 3. The fourth-order valence-corrected chi connectivity index (χ4v) is 1.29. The van der Waals surface area contributed by atoms with Gasteiger partial charge in [0.2, 0.25) is 0 Å². The fraction of sp³-hybridized carbons (Fsp3) is 0.167. The van der Waals surface area contributed by atoms with Gasteiger partial charge in [0.05, 0.1) is 11.6 Å². The van der Waals surface area contributed by atoms with E-state index in [9.17, 15) is 4.79 Å². The average Bonchev–Trinajstić information content (AvgIpc) is 2.27. The van der Waals surface area contributed by atoms with Gasteiger partial charge in [-0.25, -0.2) is 0 Å². The molecular formula is C12H12N2O. The third-order valence-corrected chi connectivity index (χ3v) is 2.06. The number of allylic oxidation sites excluding steroid dienone is 1. The second-order valence-corrected chi connectivity index (χ2v) is 3.31. The largest absolute Gasteiger partial charge is 0.377 e. The van der Waals surface area contributed by atoms with E-state index in [4.69, 9.17) is 5.26 Å². The molecule has 1 aromatic rings. The normalized spacial score (nSPS) is 9.13. The lowest BCUT2D eigenvalue weighted by Gasteiger charge is -2.16. The van der Waals surface area contributed by atoms with Crippen LogP contribution in [0, 0.1) is 11.3 Å². The summed E-state index contributed by atoms with van der Waals surface area (Å²) < 4.78 is 0. The van der Waals surface area contributed by atoms with Gasteiger partial charge >= 0.3 is 0 Å². The van der Waals surface area contributed by atoms with E-state index in [0.717, 1.165) is 5.69 Å².